The Kier molecular flexibility index (Phi) is 5.98. The first-order valence-electron chi connectivity index (χ1n) is 8.73. The highest BCUT2D eigenvalue weighted by molar-refractivity contribution is 7.92. The molecule has 1 N–H and O–H groups in total. The molecule has 1 amide bonds. The molecule has 1 heterocycles. The van der Waals surface area contributed by atoms with Crippen LogP contribution in [-0.2, 0) is 14.8 Å². The maximum absolute atomic E-state index is 12.7. The molecule has 7 heteroatoms. The molecule has 1 aromatic rings. The van der Waals surface area contributed by atoms with Crippen molar-refractivity contribution in [2.75, 3.05) is 16.6 Å². The van der Waals surface area contributed by atoms with E-state index in [0.29, 0.717) is 11.4 Å². The van der Waals surface area contributed by atoms with Crippen molar-refractivity contribution in [2.45, 2.75) is 46.8 Å². The molecule has 0 radical (unpaired) electrons. The molecule has 1 aliphatic rings. The minimum absolute atomic E-state index is 0.00417. The van der Waals surface area contributed by atoms with Crippen molar-refractivity contribution in [3.63, 3.8) is 0 Å². The molecule has 0 spiro atoms. The number of para-hydroxylation sites is 2. The van der Waals surface area contributed by atoms with Gasteiger partial charge in [-0.25, -0.2) is 8.42 Å². The zero-order chi connectivity index (χ0) is 18.8. The predicted molar refractivity (Wildman–Crippen MR) is 99.3 cm³/mol. The zero-order valence-corrected chi connectivity index (χ0v) is 16.3. The van der Waals surface area contributed by atoms with Crippen LogP contribution in [0.4, 0.5) is 5.69 Å². The molecular formula is C18H28N2O4S. The van der Waals surface area contributed by atoms with Crippen molar-refractivity contribution in [1.29, 1.82) is 0 Å². The number of anilines is 1. The van der Waals surface area contributed by atoms with Crippen LogP contribution in [0.2, 0.25) is 0 Å². The molecule has 25 heavy (non-hydrogen) atoms. The van der Waals surface area contributed by atoms with Gasteiger partial charge in [-0.15, -0.1) is 0 Å². The molecule has 1 unspecified atom stereocenters. The van der Waals surface area contributed by atoms with E-state index in [1.165, 1.54) is 4.31 Å². The lowest BCUT2D eigenvalue weighted by Gasteiger charge is -2.36. The molecule has 1 aromatic carbocycles. The van der Waals surface area contributed by atoms with Crippen molar-refractivity contribution in [1.82, 2.24) is 5.32 Å². The summed E-state index contributed by atoms with van der Waals surface area (Å²) in [5, 5.41) is 3.02. The van der Waals surface area contributed by atoms with Crippen molar-refractivity contribution >= 4 is 21.6 Å². The Morgan fingerprint density at radius 3 is 2.40 bits per heavy atom. The van der Waals surface area contributed by atoms with E-state index in [4.69, 9.17) is 4.74 Å². The van der Waals surface area contributed by atoms with Gasteiger partial charge in [0.2, 0.25) is 10.0 Å². The summed E-state index contributed by atoms with van der Waals surface area (Å²) in [4.78, 5) is 12.7. The number of sulfonamides is 1. The Morgan fingerprint density at radius 2 is 1.84 bits per heavy atom. The van der Waals surface area contributed by atoms with Crippen LogP contribution in [0.3, 0.4) is 0 Å². The van der Waals surface area contributed by atoms with Crippen molar-refractivity contribution in [2.24, 2.45) is 11.8 Å². The molecule has 1 aliphatic heterocycles. The summed E-state index contributed by atoms with van der Waals surface area (Å²) in [5.41, 5.74) is 0.484. The number of ether oxygens (including phenoxy) is 1. The Bertz CT molecular complexity index is 708. The van der Waals surface area contributed by atoms with Gasteiger partial charge in [-0.2, -0.15) is 0 Å². The van der Waals surface area contributed by atoms with Crippen molar-refractivity contribution < 1.29 is 17.9 Å². The van der Waals surface area contributed by atoms with Gasteiger partial charge < -0.3 is 10.1 Å². The molecule has 140 valence electrons. The SMILES string of the molecule is CCS(=O)(=O)N1CC(C(=O)NC(C(C)C)C(C)C)Oc2ccccc21. The highest BCUT2D eigenvalue weighted by Gasteiger charge is 2.36. The number of carbonyl (C=O) groups is 1. The third-order valence-electron chi connectivity index (χ3n) is 4.47. The summed E-state index contributed by atoms with van der Waals surface area (Å²) < 4.78 is 32.0. The molecule has 1 atom stereocenters. The Labute approximate surface area is 150 Å². The lowest BCUT2D eigenvalue weighted by Crippen LogP contribution is -2.54. The summed E-state index contributed by atoms with van der Waals surface area (Å²) >= 11 is 0. The lowest BCUT2D eigenvalue weighted by atomic mass is 9.93. The first-order chi connectivity index (χ1) is 11.7. The summed E-state index contributed by atoms with van der Waals surface area (Å²) in [6.07, 6.45) is -0.865. The summed E-state index contributed by atoms with van der Waals surface area (Å²) in [7, 11) is -3.49. The number of benzene rings is 1. The van der Waals surface area contributed by atoms with Crippen LogP contribution >= 0.6 is 0 Å². The average Bonchev–Trinajstić information content (AvgIpc) is 2.57. The van der Waals surface area contributed by atoms with E-state index in [0.717, 1.165) is 0 Å². The molecule has 0 fully saturated rings. The lowest BCUT2D eigenvalue weighted by molar-refractivity contribution is -0.129. The second kappa shape index (κ2) is 7.64. The first-order valence-corrected chi connectivity index (χ1v) is 10.3. The quantitative estimate of drug-likeness (QED) is 0.837. The monoisotopic (exact) mass is 368 g/mol. The van der Waals surface area contributed by atoms with Gasteiger partial charge in [-0.3, -0.25) is 9.10 Å². The standard InChI is InChI=1S/C18H28N2O4S/c1-6-25(22,23)20-11-16(24-15-10-8-7-9-14(15)20)18(21)19-17(12(2)3)13(4)5/h7-10,12-13,16-17H,6,11H2,1-5H3,(H,19,21). The van der Waals surface area contributed by atoms with Crippen LogP contribution in [0.1, 0.15) is 34.6 Å². The largest absolute Gasteiger partial charge is 0.476 e. The third kappa shape index (κ3) is 4.26. The fraction of sp³-hybridized carbons (Fsp3) is 0.611. The van der Waals surface area contributed by atoms with Gasteiger partial charge in [-0.1, -0.05) is 39.8 Å². The molecular weight excluding hydrogens is 340 g/mol. The van der Waals surface area contributed by atoms with E-state index >= 15 is 0 Å². The van der Waals surface area contributed by atoms with Gasteiger partial charge >= 0.3 is 0 Å². The van der Waals surface area contributed by atoms with Crippen LogP contribution in [-0.4, -0.2) is 38.8 Å². The molecule has 0 aliphatic carbocycles. The van der Waals surface area contributed by atoms with Crippen LogP contribution < -0.4 is 14.4 Å². The van der Waals surface area contributed by atoms with E-state index in [2.05, 4.69) is 33.0 Å². The van der Waals surface area contributed by atoms with Crippen molar-refractivity contribution in [3.8, 4) is 5.75 Å². The number of fused-ring (bicyclic) bond motifs is 1. The summed E-state index contributed by atoms with van der Waals surface area (Å²) in [5.74, 6) is 0.649. The maximum Gasteiger partial charge on any atom is 0.263 e. The third-order valence-corrected chi connectivity index (χ3v) is 6.22. The smallest absolute Gasteiger partial charge is 0.263 e. The highest BCUT2D eigenvalue weighted by Crippen LogP contribution is 2.35. The van der Waals surface area contributed by atoms with E-state index in [1.807, 2.05) is 0 Å². The summed E-state index contributed by atoms with van der Waals surface area (Å²) in [6.45, 7) is 9.79. The number of hydrogen-bond acceptors (Lipinski definition) is 4. The molecule has 0 aromatic heterocycles. The second-order valence-corrected chi connectivity index (χ2v) is 9.21. The average molecular weight is 368 g/mol. The Hall–Kier alpha value is -1.76. The predicted octanol–water partition coefficient (Wildman–Crippen LogP) is 2.40. The Morgan fingerprint density at radius 1 is 1.24 bits per heavy atom. The van der Waals surface area contributed by atoms with Gasteiger partial charge in [-0.05, 0) is 30.9 Å². The number of amides is 1. The summed E-state index contributed by atoms with van der Waals surface area (Å²) in [6, 6.07) is 6.91. The Balaban J connectivity index is 2.28. The first kappa shape index (κ1) is 19.6. The van der Waals surface area contributed by atoms with E-state index < -0.39 is 16.1 Å². The van der Waals surface area contributed by atoms with Gasteiger partial charge in [0.05, 0.1) is 18.0 Å². The fourth-order valence-electron chi connectivity index (χ4n) is 3.12. The fourth-order valence-corrected chi connectivity index (χ4v) is 4.24. The van der Waals surface area contributed by atoms with Crippen LogP contribution in [0.5, 0.6) is 5.75 Å². The van der Waals surface area contributed by atoms with Gasteiger partial charge in [0.25, 0.3) is 5.91 Å². The minimum atomic E-state index is -3.49. The van der Waals surface area contributed by atoms with Gasteiger partial charge in [0.15, 0.2) is 6.10 Å². The number of carbonyl (C=O) groups excluding carboxylic acids is 1. The van der Waals surface area contributed by atoms with Gasteiger partial charge in [0, 0.05) is 6.04 Å². The zero-order valence-electron chi connectivity index (χ0n) is 15.5. The van der Waals surface area contributed by atoms with Crippen molar-refractivity contribution in [3.05, 3.63) is 24.3 Å². The van der Waals surface area contributed by atoms with Crippen LogP contribution in [0.15, 0.2) is 24.3 Å². The van der Waals surface area contributed by atoms with Crippen LogP contribution in [0.25, 0.3) is 0 Å². The van der Waals surface area contributed by atoms with Gasteiger partial charge in [0.1, 0.15) is 5.75 Å². The second-order valence-electron chi connectivity index (χ2n) is 7.03. The number of nitrogens with zero attached hydrogens (tertiary/aromatic N) is 1. The van der Waals surface area contributed by atoms with E-state index in [-0.39, 0.29) is 36.1 Å². The number of rotatable bonds is 6. The molecule has 6 nitrogen and oxygen atoms in total. The molecule has 0 saturated heterocycles. The number of nitrogens with one attached hydrogen (secondary N) is 1. The normalized spacial score (nSPS) is 17.6. The molecule has 0 bridgehead atoms. The highest BCUT2D eigenvalue weighted by atomic mass is 32.2. The minimum Gasteiger partial charge on any atom is -0.476 e. The van der Waals surface area contributed by atoms with Crippen LogP contribution in [0, 0.1) is 11.8 Å². The maximum atomic E-state index is 12.7. The molecule has 2 rings (SSSR count). The van der Waals surface area contributed by atoms with E-state index in [9.17, 15) is 13.2 Å². The topological polar surface area (TPSA) is 75.7 Å². The molecule has 0 saturated carbocycles. The van der Waals surface area contributed by atoms with E-state index in [1.54, 1.807) is 31.2 Å². The number of hydrogen-bond donors (Lipinski definition) is 1.